The molecule has 3 rings (SSSR count). The number of benzene rings is 3. The first-order chi connectivity index (χ1) is 17.0. The van der Waals surface area contributed by atoms with Gasteiger partial charge in [0, 0.05) is 6.54 Å². The van der Waals surface area contributed by atoms with E-state index >= 15 is 0 Å². The highest BCUT2D eigenvalue weighted by Crippen LogP contribution is 2.28. The molecular formula is C27H30FNO6S. The summed E-state index contributed by atoms with van der Waals surface area (Å²) in [5.41, 5.74) is 0.573. The first kappa shape index (κ1) is 27.2. The van der Waals surface area contributed by atoms with E-state index in [2.05, 4.69) is 0 Å². The normalized spacial score (nSPS) is 12.6. The van der Waals surface area contributed by atoms with Crippen molar-refractivity contribution >= 4 is 16.2 Å². The van der Waals surface area contributed by atoms with Crippen LogP contribution in [0.4, 0.5) is 9.18 Å². The lowest BCUT2D eigenvalue weighted by atomic mass is 10.1. The van der Waals surface area contributed by atoms with E-state index in [-0.39, 0.29) is 18.0 Å². The van der Waals surface area contributed by atoms with E-state index in [0.717, 1.165) is 29.8 Å². The van der Waals surface area contributed by atoms with Gasteiger partial charge in [-0.25, -0.2) is 9.18 Å². The lowest BCUT2D eigenvalue weighted by Gasteiger charge is -2.30. The van der Waals surface area contributed by atoms with E-state index in [4.69, 9.17) is 13.7 Å². The summed E-state index contributed by atoms with van der Waals surface area (Å²) >= 11 is 0. The number of ether oxygens (including phenoxy) is 2. The summed E-state index contributed by atoms with van der Waals surface area (Å²) in [6, 6.07) is 20.3. The van der Waals surface area contributed by atoms with Gasteiger partial charge < -0.3 is 14.4 Å². The Hall–Kier alpha value is -3.43. The molecule has 0 bridgehead atoms. The van der Waals surface area contributed by atoms with Gasteiger partial charge in [-0.3, -0.25) is 4.18 Å². The molecule has 1 atom stereocenters. The molecule has 0 aliphatic rings. The standard InChI is InChI=1S/C27H30FNO6S/c1-27(2,3)34-26(30)29(18-20-8-6-5-7-9-20)19-25(21-10-14-23(33-4)15-11-21)35-36(31,32)24-16-12-22(28)13-17-24/h5-17,25H,18-19H2,1-4H3. The molecule has 0 saturated heterocycles. The van der Waals surface area contributed by atoms with Gasteiger partial charge in [-0.05, 0) is 68.3 Å². The quantitative estimate of drug-likeness (QED) is 0.339. The van der Waals surface area contributed by atoms with E-state index in [1.807, 2.05) is 30.3 Å². The number of carbonyl (C=O) groups excluding carboxylic acids is 1. The van der Waals surface area contributed by atoms with Crippen molar-refractivity contribution in [3.05, 3.63) is 95.8 Å². The Morgan fingerprint density at radius 2 is 1.56 bits per heavy atom. The molecule has 0 fully saturated rings. The van der Waals surface area contributed by atoms with Gasteiger partial charge in [-0.1, -0.05) is 42.5 Å². The average molecular weight is 516 g/mol. The molecular weight excluding hydrogens is 485 g/mol. The highest BCUT2D eigenvalue weighted by Gasteiger charge is 2.30. The highest BCUT2D eigenvalue weighted by atomic mass is 32.2. The molecule has 0 aliphatic heterocycles. The number of rotatable bonds is 9. The van der Waals surface area contributed by atoms with E-state index in [1.165, 1.54) is 12.0 Å². The molecule has 0 aliphatic carbocycles. The smallest absolute Gasteiger partial charge is 0.410 e. The number of amides is 1. The van der Waals surface area contributed by atoms with Crippen LogP contribution < -0.4 is 4.74 Å². The fourth-order valence-electron chi connectivity index (χ4n) is 3.35. The average Bonchev–Trinajstić information content (AvgIpc) is 2.83. The van der Waals surface area contributed by atoms with Crippen molar-refractivity contribution in [2.75, 3.05) is 13.7 Å². The summed E-state index contributed by atoms with van der Waals surface area (Å²) in [6.45, 7) is 5.30. The van der Waals surface area contributed by atoms with Crippen LogP contribution in [0.1, 0.15) is 38.0 Å². The zero-order valence-corrected chi connectivity index (χ0v) is 21.5. The molecule has 1 unspecified atom stereocenters. The molecule has 0 saturated carbocycles. The Bertz CT molecular complexity index is 1240. The van der Waals surface area contributed by atoms with E-state index < -0.39 is 33.7 Å². The highest BCUT2D eigenvalue weighted by molar-refractivity contribution is 7.86. The molecule has 0 N–H and O–H groups in total. The van der Waals surface area contributed by atoms with Crippen LogP contribution in [0.5, 0.6) is 5.75 Å². The van der Waals surface area contributed by atoms with Crippen molar-refractivity contribution < 1.29 is 31.3 Å². The van der Waals surface area contributed by atoms with Crippen LogP contribution in [0.15, 0.2) is 83.8 Å². The van der Waals surface area contributed by atoms with Gasteiger partial charge in [0.05, 0.1) is 18.6 Å². The summed E-state index contributed by atoms with van der Waals surface area (Å²) in [7, 11) is -2.78. The Balaban J connectivity index is 1.97. The number of carbonyl (C=O) groups is 1. The van der Waals surface area contributed by atoms with Crippen LogP contribution in [-0.4, -0.2) is 38.7 Å². The molecule has 9 heteroatoms. The van der Waals surface area contributed by atoms with Gasteiger partial charge in [0.25, 0.3) is 10.1 Å². The van der Waals surface area contributed by atoms with Crippen molar-refractivity contribution in [1.82, 2.24) is 4.90 Å². The molecule has 0 aromatic heterocycles. The minimum Gasteiger partial charge on any atom is -0.497 e. The third-order valence-corrected chi connectivity index (χ3v) is 6.42. The topological polar surface area (TPSA) is 82.1 Å². The van der Waals surface area contributed by atoms with Crippen LogP contribution in [0.2, 0.25) is 0 Å². The lowest BCUT2D eigenvalue weighted by molar-refractivity contribution is 0.0151. The SMILES string of the molecule is COc1ccc(C(CN(Cc2ccccc2)C(=O)OC(C)(C)C)OS(=O)(=O)c2ccc(F)cc2)cc1. The molecule has 0 radical (unpaired) electrons. The van der Waals surface area contributed by atoms with Crippen molar-refractivity contribution in [2.24, 2.45) is 0 Å². The molecule has 36 heavy (non-hydrogen) atoms. The van der Waals surface area contributed by atoms with Crippen LogP contribution in [-0.2, 0) is 25.6 Å². The van der Waals surface area contributed by atoms with Gasteiger partial charge in [-0.2, -0.15) is 8.42 Å². The molecule has 192 valence electrons. The predicted octanol–water partition coefficient (Wildman–Crippen LogP) is 5.72. The Kier molecular flexibility index (Phi) is 8.70. The van der Waals surface area contributed by atoms with Crippen molar-refractivity contribution in [1.29, 1.82) is 0 Å². The van der Waals surface area contributed by atoms with Crippen molar-refractivity contribution in [3.63, 3.8) is 0 Å². The van der Waals surface area contributed by atoms with Gasteiger partial charge in [0.2, 0.25) is 0 Å². The van der Waals surface area contributed by atoms with Crippen molar-refractivity contribution in [3.8, 4) is 5.75 Å². The Morgan fingerprint density at radius 3 is 2.11 bits per heavy atom. The molecule has 3 aromatic rings. The third-order valence-electron chi connectivity index (χ3n) is 5.09. The molecule has 0 spiro atoms. The number of halogens is 1. The van der Waals surface area contributed by atoms with Gasteiger partial charge >= 0.3 is 6.09 Å². The first-order valence-electron chi connectivity index (χ1n) is 11.3. The Morgan fingerprint density at radius 1 is 0.944 bits per heavy atom. The maximum atomic E-state index is 13.4. The number of hydrogen-bond acceptors (Lipinski definition) is 6. The molecule has 1 amide bonds. The van der Waals surface area contributed by atoms with Crippen molar-refractivity contribution in [2.45, 2.75) is 43.9 Å². The van der Waals surface area contributed by atoms with Gasteiger partial charge in [0.15, 0.2) is 0 Å². The van der Waals surface area contributed by atoms with E-state index in [9.17, 15) is 17.6 Å². The minimum atomic E-state index is -4.30. The molecule has 7 nitrogen and oxygen atoms in total. The van der Waals surface area contributed by atoms with Gasteiger partial charge in [0.1, 0.15) is 23.3 Å². The summed E-state index contributed by atoms with van der Waals surface area (Å²) in [6.07, 6.45) is -1.70. The zero-order valence-electron chi connectivity index (χ0n) is 20.7. The van der Waals surface area contributed by atoms with Crippen LogP contribution >= 0.6 is 0 Å². The third kappa shape index (κ3) is 7.79. The summed E-state index contributed by atoms with van der Waals surface area (Å²) < 4.78 is 56.0. The summed E-state index contributed by atoms with van der Waals surface area (Å²) in [5, 5.41) is 0. The summed E-state index contributed by atoms with van der Waals surface area (Å²) in [5.74, 6) is 0.00629. The number of hydrogen-bond donors (Lipinski definition) is 0. The Labute approximate surface area is 211 Å². The van der Waals surface area contributed by atoms with E-state index in [1.54, 1.807) is 45.0 Å². The fraction of sp³-hybridized carbons (Fsp3) is 0.296. The second-order valence-corrected chi connectivity index (χ2v) is 10.7. The molecule has 0 heterocycles. The molecule has 3 aromatic carbocycles. The second-order valence-electron chi connectivity index (χ2n) is 9.11. The first-order valence-corrected chi connectivity index (χ1v) is 12.7. The second kappa shape index (κ2) is 11.5. The number of methoxy groups -OCH3 is 1. The lowest BCUT2D eigenvalue weighted by Crippen LogP contribution is -2.39. The predicted molar refractivity (Wildman–Crippen MR) is 133 cm³/mol. The summed E-state index contributed by atoms with van der Waals surface area (Å²) in [4.78, 5) is 14.3. The monoisotopic (exact) mass is 515 g/mol. The van der Waals surface area contributed by atoms with Crippen LogP contribution in [0, 0.1) is 5.82 Å². The van der Waals surface area contributed by atoms with Crippen LogP contribution in [0.3, 0.4) is 0 Å². The zero-order chi connectivity index (χ0) is 26.3. The maximum absolute atomic E-state index is 13.4. The largest absolute Gasteiger partial charge is 0.497 e. The minimum absolute atomic E-state index is 0.128. The van der Waals surface area contributed by atoms with Crippen LogP contribution in [0.25, 0.3) is 0 Å². The number of nitrogens with zero attached hydrogens (tertiary/aromatic N) is 1. The fourth-order valence-corrected chi connectivity index (χ4v) is 4.41. The van der Waals surface area contributed by atoms with Gasteiger partial charge in [-0.15, -0.1) is 0 Å². The maximum Gasteiger partial charge on any atom is 0.410 e. The van der Waals surface area contributed by atoms with E-state index in [0.29, 0.717) is 11.3 Å².